The van der Waals surface area contributed by atoms with Crippen molar-refractivity contribution in [3.63, 3.8) is 0 Å². The molecule has 0 unspecified atom stereocenters. The van der Waals surface area contributed by atoms with E-state index in [1.807, 2.05) is 17.0 Å². The smallest absolute Gasteiger partial charge is 0.358 e. The van der Waals surface area contributed by atoms with Gasteiger partial charge in [-0.3, -0.25) is 29.0 Å². The zero-order chi connectivity index (χ0) is 48.8. The van der Waals surface area contributed by atoms with Crippen molar-refractivity contribution in [3.8, 4) is 0 Å². The lowest BCUT2D eigenvalue weighted by Crippen LogP contribution is -2.58. The Hall–Kier alpha value is -5.39. The number of carbonyl (C=O) groups is 5. The molecule has 0 spiro atoms. The molecule has 2 aliphatic heterocycles. The number of hydrogen-bond donors (Lipinski definition) is 4. The Balaban J connectivity index is 0.834. The summed E-state index contributed by atoms with van der Waals surface area (Å²) in [5, 5.41) is 12.6. The summed E-state index contributed by atoms with van der Waals surface area (Å²) in [6, 6.07) is 6.14. The summed E-state index contributed by atoms with van der Waals surface area (Å²) >= 11 is 0. The third-order valence-electron chi connectivity index (χ3n) is 14.2. The fourth-order valence-electron chi connectivity index (χ4n) is 10.1. The first-order valence-electron chi connectivity index (χ1n) is 24.7. The molecule has 18 heteroatoms. The molecule has 5 amide bonds. The summed E-state index contributed by atoms with van der Waals surface area (Å²) < 4.78 is 40.6. The number of nitrogens with zero attached hydrogens (tertiary/aromatic N) is 6. The SMILES string of the molecule is CC(C)N(C)[C@@H]1CC[C@H](N2CC[C@H](Nc3ncnc4ccc(C(F)(F)F)cc34)C2=O)[C@H](NC(=O)CCCCCCCCC(=O)NCCCCCCNC(=O)[C@H]2CC(=O)N(C)[C@@H]2c2cccnc2)C1. The number of unbranched alkanes of at least 4 members (excludes halogenated alkanes) is 8. The van der Waals surface area contributed by atoms with Crippen molar-refractivity contribution in [2.24, 2.45) is 5.92 Å². The van der Waals surface area contributed by atoms with Crippen molar-refractivity contribution in [1.82, 2.24) is 45.6 Å². The Kier molecular flexibility index (Phi) is 18.9. The topological polar surface area (TPSA) is 182 Å². The van der Waals surface area contributed by atoms with Crippen LogP contribution in [0.2, 0.25) is 0 Å². The molecule has 6 rings (SSSR count). The molecule has 3 fully saturated rings. The first-order valence-corrected chi connectivity index (χ1v) is 24.7. The highest BCUT2D eigenvalue weighted by Crippen LogP contribution is 2.37. The van der Waals surface area contributed by atoms with Gasteiger partial charge in [-0.25, -0.2) is 9.97 Å². The minimum Gasteiger partial charge on any atom is -0.358 e. The molecule has 0 radical (unpaired) electrons. The fraction of sp³-hybridized carbons (Fsp3) is 0.640. The number of anilines is 1. The molecule has 6 atom stereocenters. The first-order chi connectivity index (χ1) is 32.6. The van der Waals surface area contributed by atoms with Crippen molar-refractivity contribution in [3.05, 3.63) is 60.2 Å². The molecule has 68 heavy (non-hydrogen) atoms. The number of nitrogens with one attached hydrogen (secondary N) is 4. The second-order valence-corrected chi connectivity index (χ2v) is 19.2. The Labute approximate surface area is 398 Å². The molecule has 15 nitrogen and oxygen atoms in total. The number of pyridine rings is 1. The highest BCUT2D eigenvalue weighted by molar-refractivity contribution is 5.93. The maximum absolute atomic E-state index is 14.0. The maximum Gasteiger partial charge on any atom is 0.416 e. The van der Waals surface area contributed by atoms with Gasteiger partial charge in [0.2, 0.25) is 29.5 Å². The number of likely N-dealkylation sites (tertiary alicyclic amines) is 2. The number of rotatable bonds is 24. The largest absolute Gasteiger partial charge is 0.416 e. The van der Waals surface area contributed by atoms with Crippen molar-refractivity contribution >= 4 is 46.3 Å². The van der Waals surface area contributed by atoms with E-state index in [1.54, 1.807) is 24.3 Å². The van der Waals surface area contributed by atoms with Gasteiger partial charge in [-0.05, 0) is 102 Å². The number of benzene rings is 1. The van der Waals surface area contributed by atoms with Crippen molar-refractivity contribution in [1.29, 1.82) is 0 Å². The van der Waals surface area contributed by atoms with E-state index in [1.165, 1.54) is 12.4 Å². The van der Waals surface area contributed by atoms with Gasteiger partial charge in [-0.15, -0.1) is 0 Å². The van der Waals surface area contributed by atoms with Crippen molar-refractivity contribution in [2.75, 3.05) is 39.0 Å². The van der Waals surface area contributed by atoms with Crippen LogP contribution in [0.3, 0.4) is 0 Å². The quantitative estimate of drug-likeness (QED) is 0.0688. The molecule has 3 aliphatic rings. The first kappa shape index (κ1) is 52.0. The third kappa shape index (κ3) is 14.1. The Morgan fingerprint density at radius 3 is 2.25 bits per heavy atom. The van der Waals surface area contributed by atoms with E-state index in [-0.39, 0.29) is 71.3 Å². The number of amides is 5. The van der Waals surface area contributed by atoms with E-state index >= 15 is 0 Å². The lowest BCUT2D eigenvalue weighted by atomic mass is 9.84. The number of halogens is 3. The van der Waals surface area contributed by atoms with Crippen LogP contribution in [0.5, 0.6) is 0 Å². The van der Waals surface area contributed by atoms with E-state index in [9.17, 15) is 37.1 Å². The van der Waals surface area contributed by atoms with Gasteiger partial charge in [0.1, 0.15) is 18.2 Å². The minimum absolute atomic E-state index is 0.0351. The molecule has 2 saturated heterocycles. The molecular formula is C50H71F3N10O5. The summed E-state index contributed by atoms with van der Waals surface area (Å²) in [7, 11) is 3.82. The molecule has 4 N–H and O–H groups in total. The predicted octanol–water partition coefficient (Wildman–Crippen LogP) is 6.94. The number of carbonyl (C=O) groups excluding carboxylic acids is 5. The average molecular weight is 949 g/mol. The zero-order valence-electron chi connectivity index (χ0n) is 40.2. The second kappa shape index (κ2) is 24.8. The average Bonchev–Trinajstić information content (AvgIpc) is 3.83. The number of alkyl halides is 3. The molecular weight excluding hydrogens is 878 g/mol. The van der Waals surface area contributed by atoms with Crippen LogP contribution in [-0.2, 0) is 30.1 Å². The van der Waals surface area contributed by atoms with Crippen LogP contribution in [0.4, 0.5) is 19.0 Å². The van der Waals surface area contributed by atoms with Crippen LogP contribution in [0, 0.1) is 5.92 Å². The zero-order valence-corrected chi connectivity index (χ0v) is 40.2. The van der Waals surface area contributed by atoms with Crippen LogP contribution in [0.15, 0.2) is 49.1 Å². The Morgan fingerprint density at radius 2 is 1.56 bits per heavy atom. The van der Waals surface area contributed by atoms with Gasteiger partial charge in [0.15, 0.2) is 0 Å². The van der Waals surface area contributed by atoms with Gasteiger partial charge in [0, 0.05) is 75.8 Å². The Morgan fingerprint density at radius 1 is 0.868 bits per heavy atom. The van der Waals surface area contributed by atoms with Crippen molar-refractivity contribution < 1.29 is 37.1 Å². The summed E-state index contributed by atoms with van der Waals surface area (Å²) in [5.74, 6) is -0.550. The minimum atomic E-state index is -4.54. The highest BCUT2D eigenvalue weighted by Gasteiger charge is 2.44. The molecule has 1 aromatic carbocycles. The summed E-state index contributed by atoms with van der Waals surface area (Å²) in [5.41, 5.74) is 0.387. The summed E-state index contributed by atoms with van der Waals surface area (Å²) in [6.07, 6.45) is 12.8. The molecule has 372 valence electrons. The van der Waals surface area contributed by atoms with Gasteiger partial charge in [-0.1, -0.05) is 44.6 Å². The van der Waals surface area contributed by atoms with Gasteiger partial charge >= 0.3 is 6.18 Å². The van der Waals surface area contributed by atoms with Gasteiger partial charge in [0.05, 0.1) is 35.1 Å². The molecule has 3 aromatic rings. The third-order valence-corrected chi connectivity index (χ3v) is 14.2. The fourth-order valence-corrected chi connectivity index (χ4v) is 10.1. The summed E-state index contributed by atoms with van der Waals surface area (Å²) in [4.78, 5) is 83.4. The molecule has 4 heterocycles. The monoisotopic (exact) mass is 949 g/mol. The lowest BCUT2D eigenvalue weighted by Gasteiger charge is -2.44. The van der Waals surface area contributed by atoms with Gasteiger partial charge in [-0.2, -0.15) is 13.2 Å². The predicted molar refractivity (Wildman–Crippen MR) is 254 cm³/mol. The standard InChI is InChI=1S/C50H71F3N10O5/c1-33(2)61(3)36-20-22-42(63-27-23-40(49(63)68)60-47-37-28-35(50(51,52)53)19-21-39(37)57-32-58-47)41(29-36)59-44(65)18-12-8-6-5-7-11-17-43(64)55-25-13-9-10-14-26-56-48(67)38-30-45(66)62(4)46(38)34-16-15-24-54-31-34/h15-16,19,21,24,28,31-33,36,38,40-42,46H,5-14,17-18,20,22-23,25-27,29-30H2,1-4H3,(H,55,64)(H,56,67)(H,59,65)(H,57,58,60)/t36-,38+,40+,41-,42+,46-/m1/s1. The molecule has 1 saturated carbocycles. The van der Waals surface area contributed by atoms with Crippen LogP contribution in [0.1, 0.15) is 140 Å². The molecule has 0 bridgehead atoms. The van der Waals surface area contributed by atoms with E-state index < -0.39 is 23.7 Å². The summed E-state index contributed by atoms with van der Waals surface area (Å²) in [6.45, 7) is 5.91. The van der Waals surface area contributed by atoms with E-state index in [2.05, 4.69) is 62.0 Å². The molecule has 2 aromatic heterocycles. The van der Waals surface area contributed by atoms with Crippen molar-refractivity contribution in [2.45, 2.75) is 165 Å². The Bertz CT molecular complexity index is 2160. The van der Waals surface area contributed by atoms with Gasteiger partial charge in [0.25, 0.3) is 0 Å². The molecule has 1 aliphatic carbocycles. The van der Waals surface area contributed by atoms with E-state index in [0.717, 1.165) is 94.7 Å². The number of aromatic nitrogens is 3. The number of hydrogen-bond acceptors (Lipinski definition) is 10. The van der Waals surface area contributed by atoms with Gasteiger partial charge < -0.3 is 36.0 Å². The maximum atomic E-state index is 14.0. The second-order valence-electron chi connectivity index (χ2n) is 19.2. The van der Waals surface area contributed by atoms with E-state index in [0.29, 0.717) is 56.9 Å². The number of fused-ring (bicyclic) bond motifs is 1. The van der Waals surface area contributed by atoms with Crippen LogP contribution >= 0.6 is 0 Å². The highest BCUT2D eigenvalue weighted by atomic mass is 19.4. The van der Waals surface area contributed by atoms with Crippen LogP contribution in [-0.4, -0.2) is 123 Å². The lowest BCUT2D eigenvalue weighted by molar-refractivity contribution is -0.137. The van der Waals surface area contributed by atoms with Crippen LogP contribution < -0.4 is 21.3 Å². The van der Waals surface area contributed by atoms with Crippen LogP contribution in [0.25, 0.3) is 10.9 Å². The van der Waals surface area contributed by atoms with E-state index in [4.69, 9.17) is 0 Å². The normalized spacial score (nSPS) is 22.1.